The minimum Gasteiger partial charge on any atom is -0.365 e. The van der Waals surface area contributed by atoms with Crippen molar-refractivity contribution in [1.82, 2.24) is 0 Å². The molecule has 3 rings (SSSR count). The highest BCUT2D eigenvalue weighted by molar-refractivity contribution is 7.80. The summed E-state index contributed by atoms with van der Waals surface area (Å²) in [6, 6.07) is 11.0. The Morgan fingerprint density at radius 2 is 1.89 bits per heavy atom. The van der Waals surface area contributed by atoms with E-state index in [2.05, 4.69) is 10.6 Å². The molecule has 1 aromatic heterocycles. The number of nitriles is 1. The number of thiocarbonyl (C=S) groups is 1. The van der Waals surface area contributed by atoms with Gasteiger partial charge in [0.2, 0.25) is 5.91 Å². The molecule has 1 atom stereocenters. The van der Waals surface area contributed by atoms with Crippen molar-refractivity contribution in [3.63, 3.8) is 0 Å². The highest BCUT2D eigenvalue weighted by atomic mass is 32.1. The average molecular weight is 399 g/mol. The Labute approximate surface area is 166 Å². The molecule has 6 nitrogen and oxygen atoms in total. The molecule has 1 unspecified atom stereocenters. The zero-order chi connectivity index (χ0) is 19.4. The lowest BCUT2D eigenvalue weighted by atomic mass is 9.95. The lowest BCUT2D eigenvalue weighted by Crippen LogP contribution is -2.32. The third-order valence-electron chi connectivity index (χ3n) is 4.35. The maximum atomic E-state index is 12.7. The molecule has 27 heavy (non-hydrogen) atoms. The normalized spacial score (nSPS) is 13.7. The van der Waals surface area contributed by atoms with E-state index >= 15 is 0 Å². The van der Waals surface area contributed by atoms with Crippen molar-refractivity contribution in [2.75, 3.05) is 10.6 Å². The van der Waals surface area contributed by atoms with Gasteiger partial charge in [-0.05, 0) is 43.4 Å². The first-order valence-electron chi connectivity index (χ1n) is 8.52. The molecule has 4 N–H and O–H groups in total. The number of nitrogens with zero attached hydrogens (tertiary/aromatic N) is 1. The minimum absolute atomic E-state index is 0.100. The average Bonchev–Trinajstić information content (AvgIpc) is 3.01. The van der Waals surface area contributed by atoms with Crippen LogP contribution in [0, 0.1) is 17.2 Å². The molecule has 0 bridgehead atoms. The van der Waals surface area contributed by atoms with E-state index in [4.69, 9.17) is 18.0 Å². The maximum Gasteiger partial charge on any atom is 0.251 e. The number of nitrogens with two attached hydrogens (primary N) is 1. The van der Waals surface area contributed by atoms with Gasteiger partial charge in [-0.2, -0.15) is 5.26 Å². The van der Waals surface area contributed by atoms with E-state index in [-0.39, 0.29) is 4.99 Å². The molecule has 8 heteroatoms. The van der Waals surface area contributed by atoms with Crippen molar-refractivity contribution in [2.45, 2.75) is 25.7 Å². The lowest BCUT2D eigenvalue weighted by molar-refractivity contribution is -0.116. The highest BCUT2D eigenvalue weighted by Crippen LogP contribution is 2.38. The van der Waals surface area contributed by atoms with Crippen LogP contribution in [0.2, 0.25) is 0 Å². The van der Waals surface area contributed by atoms with Crippen molar-refractivity contribution in [1.29, 1.82) is 5.26 Å². The van der Waals surface area contributed by atoms with Crippen molar-refractivity contribution in [3.8, 4) is 6.07 Å². The molecule has 0 saturated carbocycles. The van der Waals surface area contributed by atoms with Crippen LogP contribution in [0.15, 0.2) is 30.3 Å². The number of benzene rings is 1. The number of aryl methyl sites for hydroxylation is 1. The van der Waals surface area contributed by atoms with E-state index in [1.807, 2.05) is 24.3 Å². The van der Waals surface area contributed by atoms with Crippen LogP contribution in [0.25, 0.3) is 0 Å². The van der Waals surface area contributed by atoms with Crippen molar-refractivity contribution >= 4 is 51.0 Å². The van der Waals surface area contributed by atoms with Crippen LogP contribution in [0.5, 0.6) is 0 Å². The number of amides is 2. The Morgan fingerprint density at radius 1 is 1.19 bits per heavy atom. The molecular weight excluding hydrogens is 380 g/mol. The first kappa shape index (κ1) is 19.0. The number of thiophene rings is 1. The molecule has 2 amide bonds. The number of rotatable bonds is 5. The van der Waals surface area contributed by atoms with Gasteiger partial charge in [0.1, 0.15) is 9.99 Å². The molecule has 1 aromatic carbocycles. The number of carbonyl (C=O) groups is 2. The summed E-state index contributed by atoms with van der Waals surface area (Å²) in [7, 11) is 0. The third kappa shape index (κ3) is 4.15. The molecule has 1 aliphatic rings. The summed E-state index contributed by atoms with van der Waals surface area (Å²) in [6.45, 7) is 0. The molecule has 0 spiro atoms. The number of primary amides is 1. The van der Waals surface area contributed by atoms with Gasteiger partial charge in [-0.1, -0.05) is 30.4 Å². The third-order valence-corrected chi connectivity index (χ3v) is 5.89. The molecule has 0 aliphatic heterocycles. The molecule has 1 heterocycles. The van der Waals surface area contributed by atoms with Gasteiger partial charge in [-0.3, -0.25) is 9.59 Å². The molecule has 1 aliphatic carbocycles. The second kappa shape index (κ2) is 8.29. The van der Waals surface area contributed by atoms with Gasteiger partial charge in [-0.25, -0.2) is 0 Å². The van der Waals surface area contributed by atoms with Crippen LogP contribution in [0.4, 0.5) is 10.7 Å². The monoisotopic (exact) mass is 398 g/mol. The number of hydrogen-bond donors (Lipinski definition) is 3. The maximum absolute atomic E-state index is 12.7. The van der Waals surface area contributed by atoms with Crippen molar-refractivity contribution in [3.05, 3.63) is 46.3 Å². The Bertz CT molecular complexity index is 931. The largest absolute Gasteiger partial charge is 0.365 e. The summed E-state index contributed by atoms with van der Waals surface area (Å²) in [5.41, 5.74) is 7.52. The summed E-state index contributed by atoms with van der Waals surface area (Å²) >= 11 is 6.59. The zero-order valence-electron chi connectivity index (χ0n) is 14.5. The molecule has 0 radical (unpaired) electrons. The summed E-state index contributed by atoms with van der Waals surface area (Å²) in [6.07, 6.45) is 3.68. The van der Waals surface area contributed by atoms with Gasteiger partial charge < -0.3 is 16.4 Å². The lowest BCUT2D eigenvalue weighted by Gasteiger charge is -2.13. The minimum atomic E-state index is -1.18. The number of hydrogen-bond acceptors (Lipinski definition) is 5. The van der Waals surface area contributed by atoms with E-state index in [9.17, 15) is 14.9 Å². The quantitative estimate of drug-likeness (QED) is 0.670. The fourth-order valence-corrected chi connectivity index (χ4v) is 4.65. The Kier molecular flexibility index (Phi) is 5.84. The van der Waals surface area contributed by atoms with E-state index in [0.717, 1.165) is 36.1 Å². The van der Waals surface area contributed by atoms with Gasteiger partial charge in [-0.15, -0.1) is 11.3 Å². The predicted octanol–water partition coefficient (Wildman–Crippen LogP) is 3.24. The number of nitrogens with one attached hydrogen (secondary N) is 2. The first-order chi connectivity index (χ1) is 13.0. The standard InChI is InChI=1S/C19H18N4O2S2/c20-10-13(18(26)22-11-6-2-1-3-7-11)17(25)23-19-15(16(21)24)12-8-4-5-9-14(12)27-19/h1-3,6-7,13H,4-5,8-9H2,(H2,21,24)(H,22,26)(H,23,25). The topological polar surface area (TPSA) is 108 Å². The Balaban J connectivity index is 1.79. The smallest absolute Gasteiger partial charge is 0.251 e. The highest BCUT2D eigenvalue weighted by Gasteiger charge is 2.28. The van der Waals surface area contributed by atoms with Crippen LogP contribution in [-0.4, -0.2) is 16.8 Å². The van der Waals surface area contributed by atoms with Gasteiger partial charge in [0.25, 0.3) is 5.91 Å². The fourth-order valence-electron chi connectivity index (χ4n) is 3.07. The van der Waals surface area contributed by atoms with Crippen LogP contribution in [-0.2, 0) is 17.6 Å². The SMILES string of the molecule is N#CC(C(=O)Nc1sc2c(c1C(N)=O)CCCC2)C(=S)Nc1ccccc1. The zero-order valence-corrected chi connectivity index (χ0v) is 16.1. The van der Waals surface area contributed by atoms with E-state index in [1.165, 1.54) is 11.3 Å². The molecule has 0 saturated heterocycles. The number of carbonyl (C=O) groups excluding carboxylic acids is 2. The molecule has 138 valence electrons. The molecule has 0 fully saturated rings. The summed E-state index contributed by atoms with van der Waals surface area (Å²) < 4.78 is 0. The second-order valence-corrected chi connectivity index (χ2v) is 7.73. The predicted molar refractivity (Wildman–Crippen MR) is 110 cm³/mol. The Hall–Kier alpha value is -2.76. The summed E-state index contributed by atoms with van der Waals surface area (Å²) in [5, 5.41) is 15.4. The summed E-state index contributed by atoms with van der Waals surface area (Å²) in [4.78, 5) is 25.8. The summed E-state index contributed by atoms with van der Waals surface area (Å²) in [5.74, 6) is -2.32. The first-order valence-corrected chi connectivity index (χ1v) is 9.74. The van der Waals surface area contributed by atoms with Crippen LogP contribution < -0.4 is 16.4 Å². The van der Waals surface area contributed by atoms with Gasteiger partial charge in [0, 0.05) is 10.6 Å². The number of para-hydroxylation sites is 1. The van der Waals surface area contributed by atoms with E-state index < -0.39 is 17.7 Å². The van der Waals surface area contributed by atoms with Crippen molar-refractivity contribution in [2.24, 2.45) is 11.7 Å². The van der Waals surface area contributed by atoms with Gasteiger partial charge >= 0.3 is 0 Å². The Morgan fingerprint density at radius 3 is 2.56 bits per heavy atom. The molecule has 2 aromatic rings. The second-order valence-electron chi connectivity index (χ2n) is 6.19. The van der Waals surface area contributed by atoms with Gasteiger partial charge in [0.15, 0.2) is 5.92 Å². The van der Waals surface area contributed by atoms with Gasteiger partial charge in [0.05, 0.1) is 11.6 Å². The fraction of sp³-hybridized carbons (Fsp3) is 0.263. The number of anilines is 2. The number of fused-ring (bicyclic) bond motifs is 1. The van der Waals surface area contributed by atoms with Crippen LogP contribution in [0.1, 0.15) is 33.6 Å². The van der Waals surface area contributed by atoms with E-state index in [1.54, 1.807) is 12.1 Å². The van der Waals surface area contributed by atoms with Crippen molar-refractivity contribution < 1.29 is 9.59 Å². The van der Waals surface area contributed by atoms with Crippen LogP contribution >= 0.6 is 23.6 Å². The van der Waals surface area contributed by atoms with E-state index in [0.29, 0.717) is 16.3 Å². The van der Waals surface area contributed by atoms with Crippen LogP contribution in [0.3, 0.4) is 0 Å². The molecular formula is C19H18N4O2S2.